The van der Waals surface area contributed by atoms with Gasteiger partial charge in [0.2, 0.25) is 0 Å². The van der Waals surface area contributed by atoms with Crippen LogP contribution in [-0.2, 0) is 5.75 Å². The van der Waals surface area contributed by atoms with Gasteiger partial charge in [0, 0.05) is 9.90 Å². The van der Waals surface area contributed by atoms with Crippen molar-refractivity contribution in [1.82, 2.24) is 19.5 Å². The Bertz CT molecular complexity index is 1670. The molecule has 0 aliphatic carbocycles. The highest BCUT2D eigenvalue weighted by Gasteiger charge is 2.16. The van der Waals surface area contributed by atoms with E-state index in [9.17, 15) is 9.59 Å². The third-order valence-electron chi connectivity index (χ3n) is 5.49. The van der Waals surface area contributed by atoms with Crippen LogP contribution in [0.3, 0.4) is 0 Å². The van der Waals surface area contributed by atoms with Gasteiger partial charge >= 0.3 is 0 Å². The van der Waals surface area contributed by atoms with Crippen molar-refractivity contribution in [2.45, 2.75) is 31.7 Å². The number of thiophene rings is 1. The number of aromatic amines is 1. The SMILES string of the molecule is Cc1cccc(-n2c(SCc3nc4sc(C)c(C)c4c(=O)[nH]3)nc3cc(Cl)ccc3c2=O)c1. The fourth-order valence-corrected chi connectivity index (χ4v) is 5.83. The number of fused-ring (bicyclic) bond motifs is 2. The van der Waals surface area contributed by atoms with Crippen molar-refractivity contribution < 1.29 is 0 Å². The van der Waals surface area contributed by atoms with Gasteiger partial charge in [0.25, 0.3) is 11.1 Å². The summed E-state index contributed by atoms with van der Waals surface area (Å²) in [7, 11) is 0. The molecule has 2 aromatic carbocycles. The van der Waals surface area contributed by atoms with E-state index in [1.54, 1.807) is 22.8 Å². The molecule has 0 saturated heterocycles. The summed E-state index contributed by atoms with van der Waals surface area (Å²) < 4.78 is 1.60. The number of aromatic nitrogens is 4. The highest BCUT2D eigenvalue weighted by Crippen LogP contribution is 2.28. The molecule has 0 amide bonds. The zero-order valence-electron chi connectivity index (χ0n) is 18.1. The summed E-state index contributed by atoms with van der Waals surface area (Å²) in [6.07, 6.45) is 0. The highest BCUT2D eigenvalue weighted by molar-refractivity contribution is 7.98. The van der Waals surface area contributed by atoms with Gasteiger partial charge in [-0.25, -0.2) is 9.97 Å². The number of benzene rings is 2. The van der Waals surface area contributed by atoms with Gasteiger partial charge in [-0.1, -0.05) is 35.5 Å². The van der Waals surface area contributed by atoms with E-state index < -0.39 is 0 Å². The normalized spacial score (nSPS) is 11.5. The predicted octanol–water partition coefficient (Wildman–Crippen LogP) is 5.55. The van der Waals surface area contributed by atoms with Crippen LogP contribution in [0.1, 0.15) is 21.8 Å². The average Bonchev–Trinajstić information content (AvgIpc) is 3.05. The topological polar surface area (TPSA) is 80.6 Å². The van der Waals surface area contributed by atoms with Crippen molar-refractivity contribution >= 4 is 55.8 Å². The second-order valence-electron chi connectivity index (χ2n) is 7.80. The van der Waals surface area contributed by atoms with Gasteiger partial charge in [-0.3, -0.25) is 14.2 Å². The summed E-state index contributed by atoms with van der Waals surface area (Å²) in [6.45, 7) is 5.90. The molecule has 0 bridgehead atoms. The summed E-state index contributed by atoms with van der Waals surface area (Å²) in [5, 5.41) is 2.14. The summed E-state index contributed by atoms with van der Waals surface area (Å²) in [5.41, 5.74) is 2.93. The van der Waals surface area contributed by atoms with E-state index in [0.29, 0.717) is 38.0 Å². The molecule has 0 spiro atoms. The number of nitrogens with one attached hydrogen (secondary N) is 1. The maximum absolute atomic E-state index is 13.4. The average molecular weight is 495 g/mol. The molecule has 9 heteroatoms. The maximum Gasteiger partial charge on any atom is 0.266 e. The molecule has 0 aliphatic heterocycles. The van der Waals surface area contributed by atoms with Gasteiger partial charge in [0.1, 0.15) is 10.7 Å². The number of aryl methyl sites for hydroxylation is 3. The number of rotatable bonds is 4. The van der Waals surface area contributed by atoms with Crippen molar-refractivity contribution in [1.29, 1.82) is 0 Å². The molecule has 3 aromatic heterocycles. The highest BCUT2D eigenvalue weighted by atomic mass is 35.5. The molecule has 0 radical (unpaired) electrons. The van der Waals surface area contributed by atoms with Crippen molar-refractivity contribution in [2.24, 2.45) is 0 Å². The van der Waals surface area contributed by atoms with Crippen LogP contribution in [0.15, 0.2) is 57.2 Å². The lowest BCUT2D eigenvalue weighted by Gasteiger charge is -2.14. The van der Waals surface area contributed by atoms with Crippen LogP contribution in [0, 0.1) is 20.8 Å². The number of H-pyrrole nitrogens is 1. The Hall–Kier alpha value is -2.94. The summed E-state index contributed by atoms with van der Waals surface area (Å²) >= 11 is 9.01. The van der Waals surface area contributed by atoms with Gasteiger partial charge < -0.3 is 4.98 Å². The molecule has 0 atom stereocenters. The summed E-state index contributed by atoms with van der Waals surface area (Å²) in [6, 6.07) is 12.8. The molecule has 0 fully saturated rings. The van der Waals surface area contributed by atoms with Gasteiger partial charge in [0.15, 0.2) is 5.16 Å². The van der Waals surface area contributed by atoms with E-state index in [4.69, 9.17) is 16.6 Å². The molecule has 0 aliphatic rings. The lowest BCUT2D eigenvalue weighted by Crippen LogP contribution is -2.22. The molecule has 33 heavy (non-hydrogen) atoms. The molecular weight excluding hydrogens is 476 g/mol. The van der Waals surface area contributed by atoms with Gasteiger partial charge in [-0.15, -0.1) is 11.3 Å². The zero-order chi connectivity index (χ0) is 23.3. The standard InChI is InChI=1S/C24H19ClN4O2S2/c1-12-5-4-6-16(9-12)29-23(31)17-8-7-15(25)10-18(17)26-24(29)32-11-19-27-21(30)20-13(2)14(3)33-22(20)28-19/h4-10H,11H2,1-3H3,(H,27,28,30). The molecule has 0 saturated carbocycles. The molecule has 0 unspecified atom stereocenters. The monoisotopic (exact) mass is 494 g/mol. The second kappa shape index (κ2) is 8.44. The Morgan fingerprint density at radius 2 is 1.91 bits per heavy atom. The van der Waals surface area contributed by atoms with Crippen molar-refractivity contribution in [3.05, 3.63) is 90.0 Å². The van der Waals surface area contributed by atoms with Crippen LogP contribution in [0.2, 0.25) is 5.02 Å². The van der Waals surface area contributed by atoms with E-state index in [0.717, 1.165) is 26.5 Å². The van der Waals surface area contributed by atoms with Gasteiger partial charge in [-0.05, 0) is 62.2 Å². The van der Waals surface area contributed by atoms with Gasteiger partial charge in [-0.2, -0.15) is 0 Å². The molecular formula is C24H19ClN4O2S2. The Morgan fingerprint density at radius 3 is 2.70 bits per heavy atom. The van der Waals surface area contributed by atoms with Crippen molar-refractivity contribution in [2.75, 3.05) is 0 Å². The predicted molar refractivity (Wildman–Crippen MR) is 136 cm³/mol. The number of hydrogen-bond acceptors (Lipinski definition) is 6. The smallest absolute Gasteiger partial charge is 0.266 e. The number of halogens is 1. The van der Waals surface area contributed by atoms with Gasteiger partial charge in [0.05, 0.1) is 27.7 Å². The lowest BCUT2D eigenvalue weighted by molar-refractivity contribution is 0.817. The van der Waals surface area contributed by atoms with Crippen molar-refractivity contribution in [3.63, 3.8) is 0 Å². The Kier molecular flexibility index (Phi) is 5.60. The Labute approximate surface area is 202 Å². The molecule has 5 rings (SSSR count). The number of nitrogens with zero attached hydrogens (tertiary/aromatic N) is 3. The Balaban J connectivity index is 1.63. The third-order valence-corrected chi connectivity index (χ3v) is 7.77. The van der Waals surface area contributed by atoms with E-state index in [-0.39, 0.29) is 11.1 Å². The molecule has 166 valence electrons. The maximum atomic E-state index is 13.4. The second-order valence-corrected chi connectivity index (χ2v) is 10.4. The number of thioether (sulfide) groups is 1. The van der Waals surface area contributed by atoms with Crippen LogP contribution < -0.4 is 11.1 Å². The molecule has 5 aromatic rings. The first-order valence-electron chi connectivity index (χ1n) is 10.2. The van der Waals surface area contributed by atoms with E-state index in [1.165, 1.54) is 23.1 Å². The first-order valence-corrected chi connectivity index (χ1v) is 12.4. The van der Waals surface area contributed by atoms with E-state index >= 15 is 0 Å². The first-order chi connectivity index (χ1) is 15.8. The third kappa shape index (κ3) is 3.99. The lowest BCUT2D eigenvalue weighted by atomic mass is 10.2. The minimum absolute atomic E-state index is 0.147. The Morgan fingerprint density at radius 1 is 1.09 bits per heavy atom. The molecule has 1 N–H and O–H groups in total. The minimum Gasteiger partial charge on any atom is -0.309 e. The largest absolute Gasteiger partial charge is 0.309 e. The summed E-state index contributed by atoms with van der Waals surface area (Å²) in [5.74, 6) is 0.890. The van der Waals surface area contributed by atoms with E-state index in [2.05, 4.69) is 9.97 Å². The first kappa shape index (κ1) is 21.9. The zero-order valence-corrected chi connectivity index (χ0v) is 20.5. The molecule has 3 heterocycles. The van der Waals surface area contributed by atoms with Crippen LogP contribution in [-0.4, -0.2) is 19.5 Å². The molecule has 6 nitrogen and oxygen atoms in total. The van der Waals surface area contributed by atoms with Crippen LogP contribution in [0.25, 0.3) is 26.8 Å². The quantitative estimate of drug-likeness (QED) is 0.261. The van der Waals surface area contributed by atoms with Crippen LogP contribution in [0.5, 0.6) is 0 Å². The summed E-state index contributed by atoms with van der Waals surface area (Å²) in [4.78, 5) is 40.2. The van der Waals surface area contributed by atoms with E-state index in [1.807, 2.05) is 45.0 Å². The van der Waals surface area contributed by atoms with Crippen molar-refractivity contribution in [3.8, 4) is 5.69 Å². The fourth-order valence-electron chi connectivity index (χ4n) is 3.73. The van der Waals surface area contributed by atoms with Crippen LogP contribution in [0.4, 0.5) is 0 Å². The van der Waals surface area contributed by atoms with Crippen LogP contribution >= 0.6 is 34.7 Å². The minimum atomic E-state index is -0.175. The fraction of sp³-hybridized carbons (Fsp3) is 0.167. The number of hydrogen-bond donors (Lipinski definition) is 1.